The van der Waals surface area contributed by atoms with Crippen LogP contribution in [-0.2, 0) is 9.53 Å². The summed E-state index contributed by atoms with van der Waals surface area (Å²) in [6, 6.07) is 0. The fraction of sp³-hybridized carbons (Fsp3) is 0.929. The number of nitrogens with one attached hydrogen (secondary N) is 1. The Morgan fingerprint density at radius 3 is 2.56 bits per heavy atom. The molecule has 1 unspecified atom stereocenters. The number of aliphatic hydroxyl groups is 1. The van der Waals surface area contributed by atoms with Gasteiger partial charge in [-0.2, -0.15) is 0 Å². The normalized spacial score (nSPS) is 14.2. The molecule has 0 rings (SSSR count). The molecule has 0 saturated carbocycles. The van der Waals surface area contributed by atoms with Gasteiger partial charge in [0.15, 0.2) is 0 Å². The van der Waals surface area contributed by atoms with E-state index in [2.05, 4.69) is 19.2 Å². The van der Waals surface area contributed by atoms with Crippen LogP contribution in [0, 0.1) is 5.92 Å². The summed E-state index contributed by atoms with van der Waals surface area (Å²) in [5, 5.41) is 11.5. The Bertz CT molecular complexity index is 209. The first-order chi connectivity index (χ1) is 8.61. The van der Waals surface area contributed by atoms with Gasteiger partial charge in [-0.05, 0) is 38.5 Å². The molecule has 18 heavy (non-hydrogen) atoms. The van der Waals surface area contributed by atoms with Gasteiger partial charge in [0.2, 0.25) is 5.91 Å². The second-order valence-electron chi connectivity index (χ2n) is 4.94. The highest BCUT2D eigenvalue weighted by Gasteiger charge is 2.10. The number of carbonyl (C=O) groups is 1. The molecule has 2 atom stereocenters. The van der Waals surface area contributed by atoms with Gasteiger partial charge >= 0.3 is 0 Å². The van der Waals surface area contributed by atoms with E-state index in [0.717, 1.165) is 32.2 Å². The molecule has 0 spiro atoms. The van der Waals surface area contributed by atoms with Crippen molar-refractivity contribution in [2.75, 3.05) is 20.3 Å². The maximum Gasteiger partial charge on any atom is 0.219 e. The van der Waals surface area contributed by atoms with Crippen LogP contribution in [0.5, 0.6) is 0 Å². The summed E-state index contributed by atoms with van der Waals surface area (Å²) in [4.78, 5) is 11.4. The zero-order valence-corrected chi connectivity index (χ0v) is 12.1. The van der Waals surface area contributed by atoms with Crippen molar-refractivity contribution >= 4 is 5.91 Å². The summed E-state index contributed by atoms with van der Waals surface area (Å²) in [5.41, 5.74) is 0. The predicted molar refractivity (Wildman–Crippen MR) is 73.4 cm³/mol. The molecule has 0 fully saturated rings. The quantitative estimate of drug-likeness (QED) is 0.559. The topological polar surface area (TPSA) is 58.6 Å². The molecule has 0 aromatic rings. The average Bonchev–Trinajstić information content (AvgIpc) is 2.37. The second kappa shape index (κ2) is 11.5. The first-order valence-electron chi connectivity index (χ1n) is 7.02. The van der Waals surface area contributed by atoms with E-state index in [1.807, 2.05) is 0 Å². The van der Waals surface area contributed by atoms with Crippen LogP contribution in [0.15, 0.2) is 0 Å². The van der Waals surface area contributed by atoms with E-state index in [1.54, 1.807) is 7.11 Å². The number of unbranched alkanes of at least 4 members (excludes halogenated alkanes) is 2. The van der Waals surface area contributed by atoms with E-state index in [1.165, 1.54) is 0 Å². The summed E-state index contributed by atoms with van der Waals surface area (Å²) in [6.45, 7) is 5.21. The summed E-state index contributed by atoms with van der Waals surface area (Å²) in [7, 11) is 1.74. The van der Waals surface area contributed by atoms with Crippen LogP contribution in [0.1, 0.15) is 52.4 Å². The van der Waals surface area contributed by atoms with Gasteiger partial charge in [0.05, 0.1) is 6.10 Å². The first kappa shape index (κ1) is 17.4. The van der Waals surface area contributed by atoms with Crippen molar-refractivity contribution in [3.63, 3.8) is 0 Å². The van der Waals surface area contributed by atoms with Crippen LogP contribution in [0.2, 0.25) is 0 Å². The minimum Gasteiger partial charge on any atom is -0.396 e. The van der Waals surface area contributed by atoms with Crippen molar-refractivity contribution in [3.05, 3.63) is 0 Å². The Labute approximate surface area is 111 Å². The molecule has 2 N–H and O–H groups in total. The highest BCUT2D eigenvalue weighted by Crippen LogP contribution is 2.13. The van der Waals surface area contributed by atoms with Crippen LogP contribution in [0.25, 0.3) is 0 Å². The Kier molecular flexibility index (Phi) is 11.1. The summed E-state index contributed by atoms with van der Waals surface area (Å²) in [5.74, 6) is 0.664. The van der Waals surface area contributed by atoms with E-state index in [0.29, 0.717) is 24.9 Å². The molecular formula is C14H29NO3. The number of rotatable bonds is 11. The lowest BCUT2D eigenvalue weighted by Crippen LogP contribution is -2.24. The van der Waals surface area contributed by atoms with Crippen molar-refractivity contribution in [2.45, 2.75) is 58.5 Å². The second-order valence-corrected chi connectivity index (χ2v) is 4.94. The molecule has 0 bridgehead atoms. The number of aliphatic hydroxyl groups excluding tert-OH is 1. The number of amides is 1. The Morgan fingerprint density at radius 1 is 1.22 bits per heavy atom. The molecule has 1 amide bonds. The monoisotopic (exact) mass is 259 g/mol. The molecule has 0 radical (unpaired) electrons. The number of ether oxygens (including phenoxy) is 1. The maximum absolute atomic E-state index is 11.4. The van der Waals surface area contributed by atoms with Crippen LogP contribution in [0.3, 0.4) is 0 Å². The van der Waals surface area contributed by atoms with Crippen molar-refractivity contribution < 1.29 is 14.6 Å². The van der Waals surface area contributed by atoms with E-state index >= 15 is 0 Å². The SMILES string of the molecule is COC(C)[C@H](C)CCCCNC(=O)CCCCO. The molecule has 0 aliphatic heterocycles. The predicted octanol–water partition coefficient (Wildman–Crippen LogP) is 2.11. The third-order valence-electron chi connectivity index (χ3n) is 3.39. The third kappa shape index (κ3) is 9.42. The van der Waals surface area contributed by atoms with Gasteiger partial charge in [-0.1, -0.05) is 13.3 Å². The zero-order chi connectivity index (χ0) is 13.8. The van der Waals surface area contributed by atoms with Crippen LogP contribution in [-0.4, -0.2) is 37.4 Å². The van der Waals surface area contributed by atoms with Gasteiger partial charge in [-0.3, -0.25) is 4.79 Å². The number of hydrogen-bond acceptors (Lipinski definition) is 3. The lowest BCUT2D eigenvalue weighted by Gasteiger charge is -2.18. The molecule has 4 nitrogen and oxygen atoms in total. The summed E-state index contributed by atoms with van der Waals surface area (Å²) < 4.78 is 5.27. The smallest absolute Gasteiger partial charge is 0.219 e. The first-order valence-corrected chi connectivity index (χ1v) is 7.02. The maximum atomic E-state index is 11.4. The highest BCUT2D eigenvalue weighted by molar-refractivity contribution is 5.75. The van der Waals surface area contributed by atoms with Crippen molar-refractivity contribution in [1.29, 1.82) is 0 Å². The van der Waals surface area contributed by atoms with Crippen molar-refractivity contribution in [2.24, 2.45) is 5.92 Å². The van der Waals surface area contributed by atoms with Gasteiger partial charge in [0.25, 0.3) is 0 Å². The molecule has 0 aromatic carbocycles. The molecule has 0 aromatic heterocycles. The molecule has 108 valence electrons. The lowest BCUT2D eigenvalue weighted by atomic mass is 9.99. The highest BCUT2D eigenvalue weighted by atomic mass is 16.5. The fourth-order valence-corrected chi connectivity index (χ4v) is 1.77. The van der Waals surface area contributed by atoms with Crippen LogP contribution in [0.4, 0.5) is 0 Å². The Balaban J connectivity index is 3.37. The van der Waals surface area contributed by atoms with Gasteiger partial charge in [-0.15, -0.1) is 0 Å². The summed E-state index contributed by atoms with van der Waals surface area (Å²) >= 11 is 0. The molecule has 4 heteroatoms. The zero-order valence-electron chi connectivity index (χ0n) is 12.1. The van der Waals surface area contributed by atoms with Crippen LogP contribution < -0.4 is 5.32 Å². The average molecular weight is 259 g/mol. The molecule has 0 aliphatic carbocycles. The van der Waals surface area contributed by atoms with Gasteiger partial charge in [-0.25, -0.2) is 0 Å². The standard InChI is InChI=1S/C14H29NO3/c1-12(13(2)18-3)8-4-6-10-15-14(17)9-5-7-11-16/h12-13,16H,4-11H2,1-3H3,(H,15,17)/t12-,13?/m1/s1. The molecule has 0 heterocycles. The van der Waals surface area contributed by atoms with Crippen LogP contribution >= 0.6 is 0 Å². The third-order valence-corrected chi connectivity index (χ3v) is 3.39. The largest absolute Gasteiger partial charge is 0.396 e. The van der Waals surface area contributed by atoms with E-state index in [4.69, 9.17) is 9.84 Å². The minimum absolute atomic E-state index is 0.0989. The number of hydrogen-bond donors (Lipinski definition) is 2. The Hall–Kier alpha value is -0.610. The van der Waals surface area contributed by atoms with E-state index in [9.17, 15) is 4.79 Å². The van der Waals surface area contributed by atoms with Crippen molar-refractivity contribution in [3.8, 4) is 0 Å². The van der Waals surface area contributed by atoms with E-state index in [-0.39, 0.29) is 12.5 Å². The lowest BCUT2D eigenvalue weighted by molar-refractivity contribution is -0.121. The molecule has 0 saturated heterocycles. The number of carbonyl (C=O) groups excluding carboxylic acids is 1. The molecular weight excluding hydrogens is 230 g/mol. The summed E-state index contributed by atoms with van der Waals surface area (Å²) in [6.07, 6.45) is 5.58. The Morgan fingerprint density at radius 2 is 1.94 bits per heavy atom. The van der Waals surface area contributed by atoms with Gasteiger partial charge < -0.3 is 15.2 Å². The van der Waals surface area contributed by atoms with Gasteiger partial charge in [0, 0.05) is 26.7 Å². The number of methoxy groups -OCH3 is 1. The van der Waals surface area contributed by atoms with Crippen molar-refractivity contribution in [1.82, 2.24) is 5.32 Å². The van der Waals surface area contributed by atoms with Gasteiger partial charge in [0.1, 0.15) is 0 Å². The molecule has 0 aliphatic rings. The fourth-order valence-electron chi connectivity index (χ4n) is 1.77. The minimum atomic E-state index is 0.0989. The van der Waals surface area contributed by atoms with E-state index < -0.39 is 0 Å².